The summed E-state index contributed by atoms with van der Waals surface area (Å²) in [6, 6.07) is 3.61. The molecule has 0 atom stereocenters. The van der Waals surface area contributed by atoms with Crippen LogP contribution in [0.3, 0.4) is 0 Å². The molecule has 30 heavy (non-hydrogen) atoms. The smallest absolute Gasteiger partial charge is 1.00 e. The van der Waals surface area contributed by atoms with Gasteiger partial charge in [0.15, 0.2) is 0 Å². The maximum Gasteiger partial charge on any atom is 1.00 e. The molecule has 0 radical (unpaired) electrons. The Morgan fingerprint density at radius 3 is 2.73 bits per heavy atom. The number of benzene rings is 1. The maximum absolute atomic E-state index is 12.7. The van der Waals surface area contributed by atoms with Gasteiger partial charge in [-0.15, -0.1) is 0 Å². The first-order valence-electron chi connectivity index (χ1n) is 9.69. The van der Waals surface area contributed by atoms with Gasteiger partial charge in [0.05, 0.1) is 17.5 Å². The minimum atomic E-state index is -1.24. The fourth-order valence-corrected chi connectivity index (χ4v) is 3.36. The van der Waals surface area contributed by atoms with Gasteiger partial charge in [-0.1, -0.05) is 0 Å². The number of rotatable bonds is 5. The monoisotopic (exact) mass is 426 g/mol. The second-order valence-corrected chi connectivity index (χ2v) is 8.09. The number of aromatic carboxylic acids is 1. The third-order valence-corrected chi connectivity index (χ3v) is 4.54. The Morgan fingerprint density at radius 2 is 2.07 bits per heavy atom. The number of hydrogen-bond acceptors (Lipinski definition) is 5. The number of nitrogens with zero attached hydrogens (tertiary/aromatic N) is 1. The number of alkyl carbamates (subject to hydrolysis) is 1. The number of pyridine rings is 1. The van der Waals surface area contributed by atoms with E-state index < -0.39 is 23.1 Å². The summed E-state index contributed by atoms with van der Waals surface area (Å²) in [6.45, 7) is 6.90. The molecule has 1 aliphatic heterocycles. The zero-order chi connectivity index (χ0) is 21.2. The van der Waals surface area contributed by atoms with Crippen LogP contribution in [0.25, 0.3) is 10.9 Å². The quantitative estimate of drug-likeness (QED) is 0.517. The molecule has 1 aromatic heterocycles. The van der Waals surface area contributed by atoms with Crippen molar-refractivity contribution >= 4 is 23.0 Å². The molecule has 1 aromatic carbocycles. The Labute approximate surface area is 198 Å². The van der Waals surface area contributed by atoms with Crippen LogP contribution in [0.4, 0.5) is 4.79 Å². The van der Waals surface area contributed by atoms with E-state index in [1.807, 2.05) is 6.07 Å². The maximum atomic E-state index is 12.7. The van der Waals surface area contributed by atoms with Crippen molar-refractivity contribution < 1.29 is 55.2 Å². The fraction of sp³-hybridized carbons (Fsp3) is 0.476. The van der Waals surface area contributed by atoms with Gasteiger partial charge in [0.1, 0.15) is 16.9 Å². The topological polar surface area (TPSA) is 107 Å². The van der Waals surface area contributed by atoms with Crippen LogP contribution in [0.2, 0.25) is 0 Å². The number of carbonyl (C=O) groups excluding carboxylic acids is 1. The molecule has 0 saturated heterocycles. The van der Waals surface area contributed by atoms with Crippen molar-refractivity contribution in [3.63, 3.8) is 0 Å². The van der Waals surface area contributed by atoms with Gasteiger partial charge < -0.3 is 25.9 Å². The summed E-state index contributed by atoms with van der Waals surface area (Å²) in [5, 5.41) is 12.4. The van der Waals surface area contributed by atoms with Gasteiger partial charge in [0.25, 0.3) is 0 Å². The number of nitrogens with one attached hydrogen (secondary N) is 1. The van der Waals surface area contributed by atoms with Gasteiger partial charge in [-0.25, -0.2) is 9.59 Å². The SMILES string of the molecule is CC(C)(C)OC(=O)NCCCc1cc2c3c(c1)c(=O)c(C(=O)O)cn3CCCO2.[H-].[Na+]. The van der Waals surface area contributed by atoms with Gasteiger partial charge in [0.2, 0.25) is 5.43 Å². The van der Waals surface area contributed by atoms with Crippen molar-refractivity contribution in [3.05, 3.63) is 39.7 Å². The van der Waals surface area contributed by atoms with E-state index in [9.17, 15) is 19.5 Å². The molecular weight excluding hydrogens is 399 g/mol. The Kier molecular flexibility index (Phi) is 7.96. The number of carboxylic acids is 1. The van der Waals surface area contributed by atoms with Crippen LogP contribution in [-0.2, 0) is 17.7 Å². The molecule has 0 aliphatic carbocycles. The van der Waals surface area contributed by atoms with Crippen LogP contribution in [0.1, 0.15) is 51.0 Å². The van der Waals surface area contributed by atoms with E-state index in [-0.39, 0.29) is 36.5 Å². The van der Waals surface area contributed by atoms with Crippen LogP contribution >= 0.6 is 0 Å². The predicted octanol–water partition coefficient (Wildman–Crippen LogP) is 0.0560. The van der Waals surface area contributed by atoms with Crippen LogP contribution in [0.15, 0.2) is 23.1 Å². The molecule has 9 heteroatoms. The first kappa shape index (κ1) is 24.2. The van der Waals surface area contributed by atoms with Gasteiger partial charge in [-0.05, 0) is 57.7 Å². The molecule has 3 rings (SSSR count). The molecule has 2 heterocycles. The molecule has 2 N–H and O–H groups in total. The normalized spacial score (nSPS) is 13.0. The molecule has 2 aromatic rings. The minimum absolute atomic E-state index is 0. The van der Waals surface area contributed by atoms with Crippen molar-refractivity contribution in [2.45, 2.75) is 52.2 Å². The zero-order valence-electron chi connectivity index (χ0n) is 18.9. The number of carboxylic acid groups (broad SMARTS) is 1. The first-order valence-corrected chi connectivity index (χ1v) is 9.69. The van der Waals surface area contributed by atoms with Crippen molar-refractivity contribution in [3.8, 4) is 5.75 Å². The molecule has 8 nitrogen and oxygen atoms in total. The number of hydrogen-bond donors (Lipinski definition) is 2. The number of ether oxygens (including phenoxy) is 2. The van der Waals surface area contributed by atoms with Crippen molar-refractivity contribution in [1.29, 1.82) is 0 Å². The van der Waals surface area contributed by atoms with Gasteiger partial charge in [0, 0.05) is 19.3 Å². The van der Waals surface area contributed by atoms with E-state index in [1.165, 1.54) is 6.20 Å². The summed E-state index contributed by atoms with van der Waals surface area (Å²) in [7, 11) is 0. The van der Waals surface area contributed by atoms with E-state index in [0.717, 1.165) is 12.0 Å². The number of amides is 1. The largest absolute Gasteiger partial charge is 1.00 e. The predicted molar refractivity (Wildman–Crippen MR) is 109 cm³/mol. The van der Waals surface area contributed by atoms with E-state index in [1.54, 1.807) is 31.4 Å². The van der Waals surface area contributed by atoms with Gasteiger partial charge in [-0.2, -0.15) is 0 Å². The Balaban J connectivity index is 0.00000240. The third kappa shape index (κ3) is 5.77. The first-order chi connectivity index (χ1) is 13.7. The summed E-state index contributed by atoms with van der Waals surface area (Å²) >= 11 is 0. The summed E-state index contributed by atoms with van der Waals surface area (Å²) in [4.78, 5) is 35.9. The Hall–Kier alpha value is -2.03. The van der Waals surface area contributed by atoms with Crippen molar-refractivity contribution in [2.75, 3.05) is 13.2 Å². The third-order valence-electron chi connectivity index (χ3n) is 4.54. The van der Waals surface area contributed by atoms with Crippen LogP contribution in [0, 0.1) is 0 Å². The second-order valence-electron chi connectivity index (χ2n) is 8.09. The summed E-state index contributed by atoms with van der Waals surface area (Å²) in [6.07, 6.45) is 2.88. The summed E-state index contributed by atoms with van der Waals surface area (Å²) < 4.78 is 12.8. The average Bonchev–Trinajstić information content (AvgIpc) is 2.82. The Bertz CT molecular complexity index is 1020. The van der Waals surface area contributed by atoms with Crippen LogP contribution < -0.4 is 45.0 Å². The second kappa shape index (κ2) is 9.85. The Morgan fingerprint density at radius 1 is 1.33 bits per heavy atom. The van der Waals surface area contributed by atoms with E-state index in [0.29, 0.717) is 49.2 Å². The fourth-order valence-electron chi connectivity index (χ4n) is 3.36. The molecule has 0 unspecified atom stereocenters. The summed E-state index contributed by atoms with van der Waals surface area (Å²) in [5.41, 5.74) is 0.181. The zero-order valence-corrected chi connectivity index (χ0v) is 19.9. The molecule has 1 amide bonds. The molecule has 0 fully saturated rings. The number of carbonyl (C=O) groups is 2. The van der Waals surface area contributed by atoms with E-state index in [4.69, 9.17) is 9.47 Å². The molecule has 0 saturated carbocycles. The number of aromatic nitrogens is 1. The van der Waals surface area contributed by atoms with E-state index >= 15 is 0 Å². The number of aryl methyl sites for hydroxylation is 2. The van der Waals surface area contributed by atoms with Gasteiger partial charge >= 0.3 is 41.6 Å². The average molecular weight is 426 g/mol. The summed E-state index contributed by atoms with van der Waals surface area (Å²) in [5.74, 6) is -0.650. The standard InChI is InChI=1S/C21H26N2O6.Na.H/c1-21(2,3)29-20(27)22-7-4-6-13-10-14-17-16(11-13)28-9-5-8-23(17)12-15(18(14)24)19(25)26;;/h10-12H,4-9H2,1-3H3,(H,22,27)(H,25,26);;/q;+1;-1. The molecule has 0 bridgehead atoms. The molecule has 158 valence electrons. The molecule has 0 spiro atoms. The van der Waals surface area contributed by atoms with Gasteiger partial charge in [-0.3, -0.25) is 4.79 Å². The molecule has 1 aliphatic rings. The molecular formula is C21H27N2NaO6. The minimum Gasteiger partial charge on any atom is -1.00 e. The van der Waals surface area contributed by atoms with Crippen molar-refractivity contribution in [1.82, 2.24) is 9.88 Å². The van der Waals surface area contributed by atoms with Crippen molar-refractivity contribution in [2.24, 2.45) is 0 Å². The van der Waals surface area contributed by atoms with Crippen LogP contribution in [-0.4, -0.2) is 40.5 Å². The van der Waals surface area contributed by atoms with E-state index in [2.05, 4.69) is 5.32 Å². The van der Waals surface area contributed by atoms with Crippen LogP contribution in [0.5, 0.6) is 5.75 Å².